The number of non-ortho nitro benzene ring substituents is 1. The molecule has 144 valence electrons. The number of carbonyl (C=O) groups is 1. The molecule has 1 N–H and O–H groups in total. The van der Waals surface area contributed by atoms with Crippen LogP contribution < -0.4 is 10.1 Å². The molecule has 0 aliphatic rings. The fraction of sp³-hybridized carbons (Fsp3) is 0.350. The maximum atomic E-state index is 12.7. The van der Waals surface area contributed by atoms with Gasteiger partial charge in [-0.3, -0.25) is 19.8 Å². The van der Waals surface area contributed by atoms with E-state index in [1.165, 1.54) is 36.4 Å². The number of carbonyl (C=O) groups excluding carboxylic acids is 1. The number of ether oxygens (including phenoxy) is 1. The second-order valence-corrected chi connectivity index (χ2v) is 6.65. The van der Waals surface area contributed by atoms with E-state index in [0.29, 0.717) is 12.3 Å². The van der Waals surface area contributed by atoms with Gasteiger partial charge < -0.3 is 10.1 Å². The van der Waals surface area contributed by atoms with E-state index in [-0.39, 0.29) is 17.3 Å². The SMILES string of the molecule is COc1ccc([N+](=O)[O-])cc1NC(=O)[C@@H](C)N(C)Cc1ccc(C)cc1C. The topological polar surface area (TPSA) is 84.7 Å². The number of nitrogens with one attached hydrogen (secondary N) is 1. The average molecular weight is 371 g/mol. The molecule has 0 unspecified atom stereocenters. The number of rotatable bonds is 7. The molecule has 0 spiro atoms. The first-order chi connectivity index (χ1) is 12.7. The quantitative estimate of drug-likeness (QED) is 0.593. The third kappa shape index (κ3) is 5.04. The molecule has 0 saturated carbocycles. The monoisotopic (exact) mass is 371 g/mol. The van der Waals surface area contributed by atoms with Crippen molar-refractivity contribution < 1.29 is 14.5 Å². The number of benzene rings is 2. The Balaban J connectivity index is 2.12. The average Bonchev–Trinajstić information content (AvgIpc) is 2.63. The van der Waals surface area contributed by atoms with Crippen molar-refractivity contribution >= 4 is 17.3 Å². The van der Waals surface area contributed by atoms with Crippen LogP contribution in [0.3, 0.4) is 0 Å². The van der Waals surface area contributed by atoms with Gasteiger partial charge in [0, 0.05) is 18.7 Å². The van der Waals surface area contributed by atoms with Crippen molar-refractivity contribution in [1.82, 2.24) is 4.90 Å². The molecular formula is C20H25N3O4. The predicted molar refractivity (Wildman–Crippen MR) is 105 cm³/mol. The zero-order valence-electron chi connectivity index (χ0n) is 16.3. The summed E-state index contributed by atoms with van der Waals surface area (Å²) < 4.78 is 5.19. The molecule has 0 heterocycles. The van der Waals surface area contributed by atoms with E-state index in [2.05, 4.69) is 30.4 Å². The number of nitro groups is 1. The summed E-state index contributed by atoms with van der Waals surface area (Å²) >= 11 is 0. The largest absolute Gasteiger partial charge is 0.495 e. The molecule has 0 aliphatic carbocycles. The van der Waals surface area contributed by atoms with E-state index in [4.69, 9.17) is 4.74 Å². The number of nitrogens with zero attached hydrogens (tertiary/aromatic N) is 2. The molecule has 1 amide bonds. The lowest BCUT2D eigenvalue weighted by Crippen LogP contribution is -2.39. The Labute approximate surface area is 159 Å². The van der Waals surface area contributed by atoms with Crippen molar-refractivity contribution in [1.29, 1.82) is 0 Å². The van der Waals surface area contributed by atoms with Gasteiger partial charge in [0.1, 0.15) is 5.75 Å². The molecule has 27 heavy (non-hydrogen) atoms. The number of amides is 1. The van der Waals surface area contributed by atoms with E-state index in [1.54, 1.807) is 6.92 Å². The second kappa shape index (κ2) is 8.64. The van der Waals surface area contributed by atoms with Crippen molar-refractivity contribution in [3.05, 3.63) is 63.2 Å². The van der Waals surface area contributed by atoms with Gasteiger partial charge in [0.25, 0.3) is 5.69 Å². The van der Waals surface area contributed by atoms with Crippen LogP contribution in [0.4, 0.5) is 11.4 Å². The van der Waals surface area contributed by atoms with Crippen LogP contribution in [0.25, 0.3) is 0 Å². The van der Waals surface area contributed by atoms with Gasteiger partial charge in [-0.05, 0) is 45.0 Å². The Kier molecular flexibility index (Phi) is 6.52. The van der Waals surface area contributed by atoms with Crippen molar-refractivity contribution in [3.8, 4) is 5.75 Å². The van der Waals surface area contributed by atoms with Crippen molar-refractivity contribution in [3.63, 3.8) is 0 Å². The molecule has 1 atom stereocenters. The summed E-state index contributed by atoms with van der Waals surface area (Å²) in [7, 11) is 3.32. The predicted octanol–water partition coefficient (Wildman–Crippen LogP) is 3.68. The van der Waals surface area contributed by atoms with Gasteiger partial charge in [0.15, 0.2) is 0 Å². The maximum Gasteiger partial charge on any atom is 0.271 e. The zero-order chi connectivity index (χ0) is 20.1. The molecule has 0 radical (unpaired) electrons. The highest BCUT2D eigenvalue weighted by Crippen LogP contribution is 2.29. The second-order valence-electron chi connectivity index (χ2n) is 6.65. The van der Waals surface area contributed by atoms with Gasteiger partial charge in [0.05, 0.1) is 23.8 Å². The first kappa shape index (κ1) is 20.4. The smallest absolute Gasteiger partial charge is 0.271 e. The third-order valence-corrected chi connectivity index (χ3v) is 4.61. The van der Waals surface area contributed by atoms with Crippen LogP contribution in [0.15, 0.2) is 36.4 Å². The molecule has 2 rings (SSSR count). The van der Waals surface area contributed by atoms with Crippen LogP contribution in [-0.4, -0.2) is 35.9 Å². The Morgan fingerprint density at radius 2 is 1.96 bits per heavy atom. The van der Waals surface area contributed by atoms with Crippen LogP contribution in [0.5, 0.6) is 5.75 Å². The highest BCUT2D eigenvalue weighted by atomic mass is 16.6. The van der Waals surface area contributed by atoms with Gasteiger partial charge in [0.2, 0.25) is 5.91 Å². The lowest BCUT2D eigenvalue weighted by molar-refractivity contribution is -0.384. The van der Waals surface area contributed by atoms with E-state index in [9.17, 15) is 14.9 Å². The van der Waals surface area contributed by atoms with Crippen LogP contribution in [0, 0.1) is 24.0 Å². The summed E-state index contributed by atoms with van der Waals surface area (Å²) in [6.45, 7) is 6.51. The number of hydrogen-bond acceptors (Lipinski definition) is 5. The van der Waals surface area contributed by atoms with Gasteiger partial charge >= 0.3 is 0 Å². The number of likely N-dealkylation sites (N-methyl/N-ethyl adjacent to an activating group) is 1. The molecule has 2 aromatic rings. The minimum Gasteiger partial charge on any atom is -0.495 e. The number of nitro benzene ring substituents is 1. The van der Waals surface area contributed by atoms with E-state index in [1.807, 2.05) is 18.9 Å². The lowest BCUT2D eigenvalue weighted by atomic mass is 10.0. The summed E-state index contributed by atoms with van der Waals surface area (Å²) in [5.74, 6) is 0.110. The normalized spacial score (nSPS) is 11.9. The first-order valence-electron chi connectivity index (χ1n) is 8.62. The molecule has 0 fully saturated rings. The summed E-state index contributed by atoms with van der Waals surface area (Å²) in [5, 5.41) is 13.7. The fourth-order valence-corrected chi connectivity index (χ4v) is 2.77. The molecule has 7 heteroatoms. The summed E-state index contributed by atoms with van der Waals surface area (Å²) in [6, 6.07) is 9.90. The summed E-state index contributed by atoms with van der Waals surface area (Å²) in [6.07, 6.45) is 0. The number of methoxy groups -OCH3 is 1. The van der Waals surface area contributed by atoms with Crippen molar-refractivity contribution in [2.24, 2.45) is 0 Å². The highest BCUT2D eigenvalue weighted by Gasteiger charge is 2.21. The van der Waals surface area contributed by atoms with Crippen LogP contribution >= 0.6 is 0 Å². The van der Waals surface area contributed by atoms with Crippen molar-refractivity contribution in [2.75, 3.05) is 19.5 Å². The molecule has 0 saturated heterocycles. The Morgan fingerprint density at radius 3 is 2.56 bits per heavy atom. The van der Waals surface area contributed by atoms with Crippen LogP contribution in [0.1, 0.15) is 23.6 Å². The van der Waals surface area contributed by atoms with Crippen molar-refractivity contribution in [2.45, 2.75) is 33.4 Å². The fourth-order valence-electron chi connectivity index (χ4n) is 2.77. The molecule has 0 aliphatic heterocycles. The first-order valence-corrected chi connectivity index (χ1v) is 8.62. The van der Waals surface area contributed by atoms with Crippen LogP contribution in [-0.2, 0) is 11.3 Å². The molecule has 7 nitrogen and oxygen atoms in total. The molecule has 0 aromatic heterocycles. The highest BCUT2D eigenvalue weighted by molar-refractivity contribution is 5.96. The third-order valence-electron chi connectivity index (χ3n) is 4.61. The summed E-state index contributed by atoms with van der Waals surface area (Å²) in [5.41, 5.74) is 3.69. The van der Waals surface area contributed by atoms with Gasteiger partial charge in [-0.2, -0.15) is 0 Å². The van der Waals surface area contributed by atoms with Gasteiger partial charge in [-0.15, -0.1) is 0 Å². The standard InChI is InChI=1S/C20H25N3O4/c1-13-6-7-16(14(2)10-13)12-22(4)15(3)20(24)21-18-11-17(23(25)26)8-9-19(18)27-5/h6-11,15H,12H2,1-5H3,(H,21,24)/t15-/m1/s1. The van der Waals surface area contributed by atoms with Gasteiger partial charge in [-0.1, -0.05) is 23.8 Å². The minimum absolute atomic E-state index is 0.109. The Bertz CT molecular complexity index is 851. The van der Waals surface area contributed by atoms with Crippen LogP contribution in [0.2, 0.25) is 0 Å². The van der Waals surface area contributed by atoms with Gasteiger partial charge in [-0.25, -0.2) is 0 Å². The van der Waals surface area contributed by atoms with E-state index < -0.39 is 11.0 Å². The minimum atomic E-state index is -0.509. The molecule has 0 bridgehead atoms. The zero-order valence-corrected chi connectivity index (χ0v) is 16.3. The molecule has 2 aromatic carbocycles. The number of anilines is 1. The molecular weight excluding hydrogens is 346 g/mol. The maximum absolute atomic E-state index is 12.7. The van der Waals surface area contributed by atoms with E-state index >= 15 is 0 Å². The Morgan fingerprint density at radius 1 is 1.26 bits per heavy atom. The summed E-state index contributed by atoms with van der Waals surface area (Å²) in [4.78, 5) is 25.1. The van der Waals surface area contributed by atoms with E-state index in [0.717, 1.165) is 5.56 Å². The lowest BCUT2D eigenvalue weighted by Gasteiger charge is -2.25. The number of hydrogen-bond donors (Lipinski definition) is 1. The number of aryl methyl sites for hydroxylation is 2. The Hall–Kier alpha value is -2.93.